The zero-order chi connectivity index (χ0) is 9.14. The van der Waals surface area contributed by atoms with E-state index in [4.69, 9.17) is 10.5 Å². The van der Waals surface area contributed by atoms with Crippen LogP contribution in [0.25, 0.3) is 4.98 Å². The highest BCUT2D eigenvalue weighted by Crippen LogP contribution is 2.35. The number of diazo groups is 1. The van der Waals surface area contributed by atoms with Crippen LogP contribution in [0, 0.1) is 15.5 Å². The molecular weight excluding hydrogens is 162 g/mol. The number of benzene rings is 1. The molecule has 0 fully saturated rings. The summed E-state index contributed by atoms with van der Waals surface area (Å²) in [4.78, 5) is 12.1. The van der Waals surface area contributed by atoms with Crippen molar-refractivity contribution in [2.75, 3.05) is 0 Å². The lowest BCUT2D eigenvalue weighted by molar-refractivity contribution is -0.383. The maximum Gasteiger partial charge on any atom is 0.501 e. The fourth-order valence-corrected chi connectivity index (χ4v) is 0.769. The Kier molecular flexibility index (Phi) is 1.88. The topological polar surface area (TPSA) is 91.5 Å². The minimum atomic E-state index is -0.741. The summed E-state index contributed by atoms with van der Waals surface area (Å²) >= 11 is 0. The normalized spacial score (nSPS) is 8.92. The van der Waals surface area contributed by atoms with Crippen molar-refractivity contribution < 1.29 is 10.0 Å². The second kappa shape index (κ2) is 2.84. The minimum absolute atomic E-state index is 0.424. The molecule has 0 saturated carbocycles. The number of aromatic hydroxyl groups is 1. The third-order valence-corrected chi connectivity index (χ3v) is 1.29. The average molecular weight is 166 g/mol. The number of phenolic OH excluding ortho intramolecular Hbond substituents is 1. The first-order chi connectivity index (χ1) is 5.66. The van der Waals surface area contributed by atoms with Crippen LogP contribution in [0.2, 0.25) is 0 Å². The molecule has 1 aromatic carbocycles. The summed E-state index contributed by atoms with van der Waals surface area (Å²) < 4.78 is 0. The molecule has 0 aromatic heterocycles. The van der Waals surface area contributed by atoms with E-state index in [-0.39, 0.29) is 0 Å². The van der Waals surface area contributed by atoms with Crippen molar-refractivity contribution >= 4 is 11.4 Å². The first-order valence-corrected chi connectivity index (χ1v) is 2.98. The number of phenols is 1. The highest BCUT2D eigenvalue weighted by atomic mass is 16.6. The monoisotopic (exact) mass is 166 g/mol. The second-order valence-electron chi connectivity index (χ2n) is 2.00. The van der Waals surface area contributed by atoms with E-state index in [1.165, 1.54) is 12.1 Å². The smallest absolute Gasteiger partial charge is 0.501 e. The lowest BCUT2D eigenvalue weighted by Crippen LogP contribution is -1.87. The Morgan fingerprint density at radius 2 is 2.25 bits per heavy atom. The van der Waals surface area contributed by atoms with Crippen LogP contribution in [-0.4, -0.2) is 10.0 Å². The van der Waals surface area contributed by atoms with Crippen molar-refractivity contribution in [3.63, 3.8) is 0 Å². The fraction of sp³-hybridized carbons (Fsp3) is 0. The lowest BCUT2D eigenvalue weighted by atomic mass is 10.2. The van der Waals surface area contributed by atoms with Gasteiger partial charge in [-0.15, -0.1) is 0 Å². The van der Waals surface area contributed by atoms with Crippen molar-refractivity contribution in [2.45, 2.75) is 0 Å². The molecule has 1 N–H and O–H groups in total. The second-order valence-corrected chi connectivity index (χ2v) is 2.00. The Labute approximate surface area is 66.8 Å². The SMILES string of the molecule is N#[N+]c1c(O)cccc1[N+](=O)[O-]. The van der Waals surface area contributed by atoms with Gasteiger partial charge in [0.2, 0.25) is 11.1 Å². The van der Waals surface area contributed by atoms with Crippen LogP contribution in [-0.2, 0) is 0 Å². The van der Waals surface area contributed by atoms with Gasteiger partial charge in [-0.1, -0.05) is 6.07 Å². The van der Waals surface area contributed by atoms with Crippen LogP contribution in [0.3, 0.4) is 0 Å². The van der Waals surface area contributed by atoms with Crippen LogP contribution in [0.15, 0.2) is 18.2 Å². The van der Waals surface area contributed by atoms with Gasteiger partial charge in [-0.05, 0) is 6.07 Å². The minimum Gasteiger partial charge on any atom is -0.501 e. The summed E-state index contributed by atoms with van der Waals surface area (Å²) in [5.41, 5.74) is -0.861. The van der Waals surface area contributed by atoms with Crippen molar-refractivity contribution in [1.29, 1.82) is 5.39 Å². The third-order valence-electron chi connectivity index (χ3n) is 1.29. The predicted octanol–water partition coefficient (Wildman–Crippen LogP) is 1.78. The van der Waals surface area contributed by atoms with E-state index in [0.29, 0.717) is 0 Å². The van der Waals surface area contributed by atoms with Crippen LogP contribution in [0.5, 0.6) is 5.75 Å². The first kappa shape index (κ1) is 7.94. The molecule has 0 atom stereocenters. The fourth-order valence-electron chi connectivity index (χ4n) is 0.769. The number of rotatable bonds is 1. The Hall–Kier alpha value is -2.16. The van der Waals surface area contributed by atoms with Gasteiger partial charge in [0.15, 0.2) is 4.98 Å². The number of nitro benzene ring substituents is 1. The molecule has 0 radical (unpaired) electrons. The molecule has 60 valence electrons. The Morgan fingerprint density at radius 1 is 1.58 bits per heavy atom. The Bertz CT molecular complexity index is 369. The molecule has 0 saturated heterocycles. The summed E-state index contributed by atoms with van der Waals surface area (Å²) in [6.45, 7) is 0. The van der Waals surface area contributed by atoms with E-state index in [1.54, 1.807) is 0 Å². The standard InChI is InChI=1S/C6H3N3O3/c7-8-6-4(9(11)12)2-1-3-5(6)10/h1-3H/p+1. The van der Waals surface area contributed by atoms with E-state index in [2.05, 4.69) is 4.98 Å². The molecular formula is C6H4N3O3+. The maximum atomic E-state index is 10.3. The largest absolute Gasteiger partial charge is 0.501 e. The van der Waals surface area contributed by atoms with E-state index < -0.39 is 22.0 Å². The van der Waals surface area contributed by atoms with Crippen LogP contribution in [0.1, 0.15) is 0 Å². The van der Waals surface area contributed by atoms with E-state index in [0.717, 1.165) is 6.07 Å². The van der Waals surface area contributed by atoms with Crippen LogP contribution >= 0.6 is 0 Å². The predicted molar refractivity (Wildman–Crippen MR) is 39.5 cm³/mol. The molecule has 0 aliphatic heterocycles. The molecule has 0 aliphatic rings. The number of hydrogen-bond acceptors (Lipinski definition) is 4. The molecule has 6 heteroatoms. The van der Waals surface area contributed by atoms with Gasteiger partial charge in [-0.3, -0.25) is 10.1 Å². The van der Waals surface area contributed by atoms with Gasteiger partial charge in [0.05, 0.1) is 4.92 Å². The van der Waals surface area contributed by atoms with Crippen molar-refractivity contribution in [1.82, 2.24) is 0 Å². The van der Waals surface area contributed by atoms with Gasteiger partial charge in [0.25, 0.3) is 0 Å². The molecule has 0 spiro atoms. The van der Waals surface area contributed by atoms with Gasteiger partial charge in [0, 0.05) is 6.07 Å². The molecule has 0 aliphatic carbocycles. The van der Waals surface area contributed by atoms with E-state index in [9.17, 15) is 10.1 Å². The van der Waals surface area contributed by atoms with Crippen LogP contribution in [0.4, 0.5) is 11.4 Å². The molecule has 0 unspecified atom stereocenters. The maximum absolute atomic E-state index is 10.3. The van der Waals surface area contributed by atoms with Crippen LogP contribution < -0.4 is 0 Å². The summed E-state index contributed by atoms with van der Waals surface area (Å²) in [6, 6.07) is 3.62. The quantitative estimate of drug-likeness (QED) is 0.391. The Morgan fingerprint density at radius 3 is 2.67 bits per heavy atom. The number of hydrogen-bond donors (Lipinski definition) is 1. The molecule has 1 rings (SSSR count). The van der Waals surface area contributed by atoms with Crippen molar-refractivity contribution in [3.05, 3.63) is 33.3 Å². The molecule has 0 bridgehead atoms. The van der Waals surface area contributed by atoms with Gasteiger partial charge < -0.3 is 5.11 Å². The van der Waals surface area contributed by atoms with Crippen molar-refractivity contribution in [3.8, 4) is 5.75 Å². The summed E-state index contributed by atoms with van der Waals surface area (Å²) in [5.74, 6) is -0.424. The van der Waals surface area contributed by atoms with Gasteiger partial charge in [-0.25, -0.2) is 0 Å². The van der Waals surface area contributed by atoms with Gasteiger partial charge >= 0.3 is 11.4 Å². The molecule has 0 heterocycles. The number of nitrogens with zero attached hydrogens (tertiary/aromatic N) is 3. The lowest BCUT2D eigenvalue weighted by Gasteiger charge is -1.87. The summed E-state index contributed by atoms with van der Waals surface area (Å²) in [6.07, 6.45) is 0. The summed E-state index contributed by atoms with van der Waals surface area (Å²) in [7, 11) is 0. The highest BCUT2D eigenvalue weighted by Gasteiger charge is 2.28. The Balaban J connectivity index is 3.40. The van der Waals surface area contributed by atoms with Gasteiger partial charge in [0.1, 0.15) is 0 Å². The first-order valence-electron chi connectivity index (χ1n) is 2.98. The molecule has 0 amide bonds. The molecule has 6 nitrogen and oxygen atoms in total. The van der Waals surface area contributed by atoms with Gasteiger partial charge in [-0.2, -0.15) is 0 Å². The zero-order valence-corrected chi connectivity index (χ0v) is 5.84. The summed E-state index contributed by atoms with van der Waals surface area (Å²) in [5, 5.41) is 27.5. The average Bonchev–Trinajstić information content (AvgIpc) is 2.03. The highest BCUT2D eigenvalue weighted by molar-refractivity contribution is 5.69. The van der Waals surface area contributed by atoms with E-state index >= 15 is 0 Å². The van der Waals surface area contributed by atoms with E-state index in [1.807, 2.05) is 0 Å². The van der Waals surface area contributed by atoms with Crippen molar-refractivity contribution in [2.24, 2.45) is 0 Å². The zero-order valence-electron chi connectivity index (χ0n) is 5.84. The molecule has 1 aromatic rings. The third kappa shape index (κ3) is 1.15. The number of nitro groups is 1. The molecule has 12 heavy (non-hydrogen) atoms.